The van der Waals surface area contributed by atoms with Gasteiger partial charge in [0.15, 0.2) is 0 Å². The first kappa shape index (κ1) is 17.7. The number of carbonyl (C=O) groups is 2. The van der Waals surface area contributed by atoms with Crippen LogP contribution in [0.2, 0.25) is 0 Å². The molecule has 3 N–H and O–H groups in total. The molecule has 0 fully saturated rings. The number of benzene rings is 2. The quantitative estimate of drug-likeness (QED) is 0.547. The fourth-order valence-corrected chi connectivity index (χ4v) is 3.19. The van der Waals surface area contributed by atoms with Crippen LogP contribution in [0.25, 0.3) is 10.9 Å². The molecule has 0 aliphatic rings. The lowest BCUT2D eigenvalue weighted by Crippen LogP contribution is -2.48. The van der Waals surface area contributed by atoms with Crippen molar-refractivity contribution in [3.8, 4) is 0 Å². The summed E-state index contributed by atoms with van der Waals surface area (Å²) in [5, 5.41) is 6.72. The monoisotopic (exact) mass is 349 g/mol. The zero-order valence-electron chi connectivity index (χ0n) is 14.7. The molecule has 2 amide bonds. The van der Waals surface area contributed by atoms with Gasteiger partial charge < -0.3 is 15.6 Å². The van der Waals surface area contributed by atoms with E-state index in [0.29, 0.717) is 12.8 Å². The number of carbonyl (C=O) groups excluding carboxylic acids is 2. The normalized spacial score (nSPS) is 13.1. The van der Waals surface area contributed by atoms with Crippen LogP contribution in [0.4, 0.5) is 0 Å². The van der Waals surface area contributed by atoms with Gasteiger partial charge in [-0.1, -0.05) is 48.5 Å². The molecule has 0 saturated carbocycles. The first-order valence-corrected chi connectivity index (χ1v) is 8.76. The number of hydrogen-bond donors (Lipinski definition) is 3. The molecule has 3 rings (SSSR count). The Labute approximate surface area is 152 Å². The maximum Gasteiger partial charge on any atom is 0.243 e. The lowest BCUT2D eigenvalue weighted by atomic mass is 10.0. The molecular formula is C21H23N3O2. The smallest absolute Gasteiger partial charge is 0.243 e. The molecule has 1 aromatic heterocycles. The van der Waals surface area contributed by atoms with Crippen molar-refractivity contribution < 1.29 is 9.59 Å². The van der Waals surface area contributed by atoms with Gasteiger partial charge >= 0.3 is 0 Å². The Bertz CT molecular complexity index is 873. The van der Waals surface area contributed by atoms with Crippen molar-refractivity contribution in [2.45, 2.75) is 31.8 Å². The number of fused-ring (bicyclic) bond motifs is 1. The fourth-order valence-electron chi connectivity index (χ4n) is 3.19. The topological polar surface area (TPSA) is 74.0 Å². The van der Waals surface area contributed by atoms with Crippen LogP contribution >= 0.6 is 0 Å². The van der Waals surface area contributed by atoms with E-state index in [2.05, 4.69) is 15.6 Å². The van der Waals surface area contributed by atoms with Gasteiger partial charge in [-0.05, 0) is 30.5 Å². The largest absolute Gasteiger partial charge is 0.361 e. The van der Waals surface area contributed by atoms with Crippen LogP contribution in [0, 0.1) is 0 Å². The Morgan fingerprint density at radius 2 is 1.81 bits per heavy atom. The average Bonchev–Trinajstić information content (AvgIpc) is 3.05. The van der Waals surface area contributed by atoms with Crippen molar-refractivity contribution in [3.63, 3.8) is 0 Å². The van der Waals surface area contributed by atoms with Crippen LogP contribution in [0.15, 0.2) is 60.8 Å². The molecule has 0 spiro atoms. The van der Waals surface area contributed by atoms with Gasteiger partial charge in [0.1, 0.15) is 6.04 Å². The van der Waals surface area contributed by atoms with Crippen molar-refractivity contribution in [3.05, 3.63) is 71.9 Å². The predicted octanol–water partition coefficient (Wildman–Crippen LogP) is 2.57. The number of H-pyrrole nitrogens is 1. The van der Waals surface area contributed by atoms with E-state index < -0.39 is 6.04 Å². The van der Waals surface area contributed by atoms with Crippen molar-refractivity contribution in [2.75, 3.05) is 0 Å². The third-order valence-electron chi connectivity index (χ3n) is 4.46. The molecule has 0 saturated heterocycles. The van der Waals surface area contributed by atoms with Gasteiger partial charge in [0, 0.05) is 29.6 Å². The molecule has 3 aromatic rings. The minimum atomic E-state index is -0.607. The SMILES string of the molecule is CC(Cc1ccccc1)NC(=O)C(Cc1c[nH]c2ccccc12)NC=O. The second-order valence-electron chi connectivity index (χ2n) is 6.50. The van der Waals surface area contributed by atoms with Crippen LogP contribution in [0.5, 0.6) is 0 Å². The molecule has 5 heteroatoms. The number of para-hydroxylation sites is 1. The number of nitrogens with one attached hydrogen (secondary N) is 3. The van der Waals surface area contributed by atoms with E-state index in [1.54, 1.807) is 0 Å². The minimum Gasteiger partial charge on any atom is -0.361 e. The van der Waals surface area contributed by atoms with Crippen LogP contribution in [0.3, 0.4) is 0 Å². The number of amides is 2. The van der Waals surface area contributed by atoms with E-state index in [4.69, 9.17) is 0 Å². The molecule has 0 aliphatic heterocycles. The van der Waals surface area contributed by atoms with E-state index in [1.807, 2.05) is 67.7 Å². The number of hydrogen-bond acceptors (Lipinski definition) is 2. The number of aromatic amines is 1. The van der Waals surface area contributed by atoms with Crippen molar-refractivity contribution in [2.24, 2.45) is 0 Å². The van der Waals surface area contributed by atoms with E-state index in [9.17, 15) is 9.59 Å². The van der Waals surface area contributed by atoms with Gasteiger partial charge in [0.25, 0.3) is 0 Å². The highest BCUT2D eigenvalue weighted by Gasteiger charge is 2.21. The molecule has 26 heavy (non-hydrogen) atoms. The third kappa shape index (κ3) is 4.30. The Hall–Kier alpha value is -3.08. The highest BCUT2D eigenvalue weighted by atomic mass is 16.2. The van der Waals surface area contributed by atoms with Gasteiger partial charge in [-0.25, -0.2) is 0 Å². The maximum atomic E-state index is 12.7. The molecule has 0 bridgehead atoms. The Balaban J connectivity index is 1.66. The third-order valence-corrected chi connectivity index (χ3v) is 4.46. The van der Waals surface area contributed by atoms with E-state index >= 15 is 0 Å². The minimum absolute atomic E-state index is 0.0242. The summed E-state index contributed by atoms with van der Waals surface area (Å²) in [6.07, 6.45) is 3.66. The van der Waals surface area contributed by atoms with Gasteiger partial charge in [-0.2, -0.15) is 0 Å². The standard InChI is InChI=1S/C21H23N3O2/c1-15(11-16-7-3-2-4-8-16)24-21(26)20(23-14-25)12-17-13-22-19-10-6-5-9-18(17)19/h2-10,13-15,20,22H,11-12H2,1H3,(H,23,25)(H,24,26). The van der Waals surface area contributed by atoms with Crippen molar-refractivity contribution in [1.82, 2.24) is 15.6 Å². The zero-order chi connectivity index (χ0) is 18.4. The first-order chi connectivity index (χ1) is 12.7. The molecule has 2 aromatic carbocycles. The van der Waals surface area contributed by atoms with E-state index in [0.717, 1.165) is 28.5 Å². The highest BCUT2D eigenvalue weighted by molar-refractivity contribution is 5.87. The summed E-state index contributed by atoms with van der Waals surface area (Å²) in [6, 6.07) is 17.3. The zero-order valence-corrected chi connectivity index (χ0v) is 14.7. The summed E-state index contributed by atoms with van der Waals surface area (Å²) in [7, 11) is 0. The van der Waals surface area contributed by atoms with Gasteiger partial charge in [-0.15, -0.1) is 0 Å². The highest BCUT2D eigenvalue weighted by Crippen LogP contribution is 2.19. The molecule has 1 heterocycles. The van der Waals surface area contributed by atoms with Crippen molar-refractivity contribution in [1.29, 1.82) is 0 Å². The molecule has 5 nitrogen and oxygen atoms in total. The summed E-state index contributed by atoms with van der Waals surface area (Å²) in [6.45, 7) is 1.97. The number of rotatable bonds is 8. The molecule has 134 valence electrons. The van der Waals surface area contributed by atoms with Crippen LogP contribution < -0.4 is 10.6 Å². The van der Waals surface area contributed by atoms with Gasteiger partial charge in [0.05, 0.1) is 0 Å². The van der Waals surface area contributed by atoms with Crippen LogP contribution in [0.1, 0.15) is 18.1 Å². The maximum absolute atomic E-state index is 12.7. The number of aromatic nitrogens is 1. The molecule has 2 unspecified atom stereocenters. The van der Waals surface area contributed by atoms with Gasteiger partial charge in [-0.3, -0.25) is 9.59 Å². The second kappa shape index (κ2) is 8.34. The van der Waals surface area contributed by atoms with Crippen LogP contribution in [-0.2, 0) is 22.4 Å². The van der Waals surface area contributed by atoms with Crippen LogP contribution in [-0.4, -0.2) is 29.4 Å². The molecule has 2 atom stereocenters. The summed E-state index contributed by atoms with van der Waals surface area (Å²) >= 11 is 0. The van der Waals surface area contributed by atoms with E-state index in [1.165, 1.54) is 0 Å². The average molecular weight is 349 g/mol. The van der Waals surface area contributed by atoms with E-state index in [-0.39, 0.29) is 11.9 Å². The second-order valence-corrected chi connectivity index (χ2v) is 6.50. The lowest BCUT2D eigenvalue weighted by Gasteiger charge is -2.20. The molecular weight excluding hydrogens is 326 g/mol. The van der Waals surface area contributed by atoms with Gasteiger partial charge in [0.2, 0.25) is 12.3 Å². The summed E-state index contributed by atoms with van der Waals surface area (Å²) in [4.78, 5) is 26.8. The lowest BCUT2D eigenvalue weighted by molar-refractivity contribution is -0.125. The summed E-state index contributed by atoms with van der Waals surface area (Å²) in [5.74, 6) is -0.175. The Kier molecular flexibility index (Phi) is 5.69. The predicted molar refractivity (Wildman–Crippen MR) is 103 cm³/mol. The fraction of sp³-hybridized carbons (Fsp3) is 0.238. The molecule has 0 radical (unpaired) electrons. The Morgan fingerprint density at radius 3 is 2.58 bits per heavy atom. The summed E-state index contributed by atoms with van der Waals surface area (Å²) < 4.78 is 0. The Morgan fingerprint density at radius 1 is 1.08 bits per heavy atom. The van der Waals surface area contributed by atoms with Crippen molar-refractivity contribution >= 4 is 23.2 Å². The first-order valence-electron chi connectivity index (χ1n) is 8.76. The molecule has 0 aliphatic carbocycles. The summed E-state index contributed by atoms with van der Waals surface area (Å²) in [5.41, 5.74) is 3.19.